The van der Waals surface area contributed by atoms with Gasteiger partial charge in [-0.05, 0) is 30.9 Å². The Morgan fingerprint density at radius 3 is 2.96 bits per heavy atom. The first kappa shape index (κ1) is 16.9. The van der Waals surface area contributed by atoms with E-state index in [1.165, 1.54) is 5.56 Å². The third-order valence-corrected chi connectivity index (χ3v) is 5.50. The Hall–Kier alpha value is -1.50. The number of pyridine rings is 1. The minimum Gasteiger partial charge on any atom is -0.372 e. The van der Waals surface area contributed by atoms with E-state index in [0.717, 1.165) is 65.0 Å². The number of aromatic nitrogens is 1. The fourth-order valence-corrected chi connectivity index (χ4v) is 4.22. The van der Waals surface area contributed by atoms with Crippen LogP contribution in [0.5, 0.6) is 0 Å². The summed E-state index contributed by atoms with van der Waals surface area (Å²) in [4.78, 5) is 20.6. The van der Waals surface area contributed by atoms with Crippen LogP contribution in [0.25, 0.3) is 0 Å². The minimum atomic E-state index is -0.0815. The molecule has 0 aliphatic carbocycles. The highest BCUT2D eigenvalue weighted by molar-refractivity contribution is 5.77. The third kappa shape index (κ3) is 4.02. The quantitative estimate of drug-likeness (QED) is 0.809. The van der Waals surface area contributed by atoms with Gasteiger partial charge in [0.05, 0.1) is 11.7 Å². The first-order valence-electron chi connectivity index (χ1n) is 9.37. The Labute approximate surface area is 149 Å². The van der Waals surface area contributed by atoms with Crippen LogP contribution in [0.4, 0.5) is 0 Å². The molecule has 1 aromatic heterocycles. The van der Waals surface area contributed by atoms with Gasteiger partial charge >= 0.3 is 0 Å². The second-order valence-electron chi connectivity index (χ2n) is 7.55. The van der Waals surface area contributed by atoms with Gasteiger partial charge in [0.15, 0.2) is 0 Å². The average Bonchev–Trinajstić information content (AvgIpc) is 3.14. The Kier molecular flexibility index (Phi) is 5.01. The summed E-state index contributed by atoms with van der Waals surface area (Å²) in [5.41, 5.74) is 1.15. The van der Waals surface area contributed by atoms with Gasteiger partial charge in [-0.3, -0.25) is 14.7 Å². The van der Waals surface area contributed by atoms with E-state index in [0.29, 0.717) is 0 Å². The molecule has 0 saturated carbocycles. The van der Waals surface area contributed by atoms with Gasteiger partial charge in [-0.15, -0.1) is 0 Å². The van der Waals surface area contributed by atoms with Crippen LogP contribution in [-0.4, -0.2) is 71.8 Å². The minimum absolute atomic E-state index is 0.0815. The lowest BCUT2D eigenvalue weighted by atomic mass is 9.84. The molecule has 1 atom stereocenters. The molecule has 3 aliphatic rings. The molecule has 1 spiro atoms. The lowest BCUT2D eigenvalue weighted by Gasteiger charge is -2.53. The molecule has 6 nitrogen and oxygen atoms in total. The molecule has 3 fully saturated rings. The standard InChI is InChI=1S/C19H27N3O3/c23-18(22-7-1-2-8-22)13-24-17-5-9-25-19(10-17)14-21(15-19)12-16-4-3-6-20-11-16/h3-4,6,11,17H,1-2,5,7-10,12-15H2. The van der Waals surface area contributed by atoms with Crippen LogP contribution in [0.15, 0.2) is 24.5 Å². The summed E-state index contributed by atoms with van der Waals surface area (Å²) in [6.07, 6.45) is 7.89. The van der Waals surface area contributed by atoms with Gasteiger partial charge in [0.25, 0.3) is 0 Å². The highest BCUT2D eigenvalue weighted by Crippen LogP contribution is 2.36. The molecule has 136 valence electrons. The van der Waals surface area contributed by atoms with Gasteiger partial charge in [0, 0.05) is 58.1 Å². The summed E-state index contributed by atoms with van der Waals surface area (Å²) in [7, 11) is 0. The molecule has 0 bridgehead atoms. The van der Waals surface area contributed by atoms with E-state index in [4.69, 9.17) is 9.47 Å². The molecule has 1 aromatic rings. The van der Waals surface area contributed by atoms with Gasteiger partial charge in [0.1, 0.15) is 6.61 Å². The van der Waals surface area contributed by atoms with Crippen molar-refractivity contribution >= 4 is 5.91 Å². The van der Waals surface area contributed by atoms with Crippen molar-refractivity contribution in [2.24, 2.45) is 0 Å². The number of likely N-dealkylation sites (tertiary alicyclic amines) is 2. The summed E-state index contributed by atoms with van der Waals surface area (Å²) in [6, 6.07) is 4.08. The first-order chi connectivity index (χ1) is 12.2. The highest BCUT2D eigenvalue weighted by atomic mass is 16.5. The molecule has 3 aliphatic heterocycles. The summed E-state index contributed by atoms with van der Waals surface area (Å²) < 4.78 is 12.0. The molecule has 25 heavy (non-hydrogen) atoms. The predicted molar refractivity (Wildman–Crippen MR) is 93.0 cm³/mol. The molecule has 0 radical (unpaired) electrons. The fraction of sp³-hybridized carbons (Fsp3) is 0.684. The van der Waals surface area contributed by atoms with Crippen LogP contribution in [0.2, 0.25) is 0 Å². The van der Waals surface area contributed by atoms with Crippen molar-refractivity contribution in [2.75, 3.05) is 39.4 Å². The van der Waals surface area contributed by atoms with E-state index in [1.807, 2.05) is 17.2 Å². The molecule has 1 amide bonds. The molecule has 3 saturated heterocycles. The fourth-order valence-electron chi connectivity index (χ4n) is 4.22. The van der Waals surface area contributed by atoms with Gasteiger partial charge in [0.2, 0.25) is 5.91 Å². The molecule has 0 aromatic carbocycles. The van der Waals surface area contributed by atoms with Crippen molar-refractivity contribution in [3.8, 4) is 0 Å². The lowest BCUT2D eigenvalue weighted by Crippen LogP contribution is -2.65. The largest absolute Gasteiger partial charge is 0.372 e. The topological polar surface area (TPSA) is 54.9 Å². The predicted octanol–water partition coefficient (Wildman–Crippen LogP) is 1.45. The third-order valence-electron chi connectivity index (χ3n) is 5.50. The first-order valence-corrected chi connectivity index (χ1v) is 9.37. The zero-order chi connectivity index (χ0) is 17.1. The second-order valence-corrected chi connectivity index (χ2v) is 7.55. The van der Waals surface area contributed by atoms with Crippen molar-refractivity contribution in [1.29, 1.82) is 0 Å². The number of hydrogen-bond acceptors (Lipinski definition) is 5. The van der Waals surface area contributed by atoms with Crippen LogP contribution >= 0.6 is 0 Å². The van der Waals surface area contributed by atoms with Gasteiger partial charge in [-0.25, -0.2) is 0 Å². The number of carbonyl (C=O) groups excluding carboxylic acids is 1. The average molecular weight is 345 g/mol. The van der Waals surface area contributed by atoms with Crippen molar-refractivity contribution in [3.05, 3.63) is 30.1 Å². The van der Waals surface area contributed by atoms with E-state index >= 15 is 0 Å². The van der Waals surface area contributed by atoms with E-state index in [-0.39, 0.29) is 24.2 Å². The molecule has 6 heteroatoms. The van der Waals surface area contributed by atoms with Gasteiger partial charge in [-0.2, -0.15) is 0 Å². The maximum atomic E-state index is 12.1. The number of ether oxygens (including phenoxy) is 2. The van der Waals surface area contributed by atoms with Crippen molar-refractivity contribution < 1.29 is 14.3 Å². The summed E-state index contributed by atoms with van der Waals surface area (Å²) in [5, 5.41) is 0. The van der Waals surface area contributed by atoms with Gasteiger partial charge < -0.3 is 14.4 Å². The molecule has 0 N–H and O–H groups in total. The Bertz CT molecular complexity index is 583. The SMILES string of the molecule is O=C(COC1CCOC2(C1)CN(Cc1cccnc1)C2)N1CCCC1. The summed E-state index contributed by atoms with van der Waals surface area (Å²) >= 11 is 0. The normalized spacial score (nSPS) is 25.9. The number of carbonyl (C=O) groups is 1. The van der Waals surface area contributed by atoms with E-state index < -0.39 is 0 Å². The maximum absolute atomic E-state index is 12.1. The monoisotopic (exact) mass is 345 g/mol. The molecule has 4 rings (SSSR count). The van der Waals surface area contributed by atoms with Crippen LogP contribution in [0.1, 0.15) is 31.2 Å². The number of hydrogen-bond donors (Lipinski definition) is 0. The van der Waals surface area contributed by atoms with Crippen LogP contribution < -0.4 is 0 Å². The molecular formula is C19H27N3O3. The maximum Gasteiger partial charge on any atom is 0.248 e. The van der Waals surface area contributed by atoms with Crippen molar-refractivity contribution in [2.45, 2.75) is 43.9 Å². The smallest absolute Gasteiger partial charge is 0.248 e. The lowest BCUT2D eigenvalue weighted by molar-refractivity contribution is -0.200. The Balaban J connectivity index is 1.22. The van der Waals surface area contributed by atoms with Crippen molar-refractivity contribution in [1.82, 2.24) is 14.8 Å². The number of rotatable bonds is 5. The molecular weight excluding hydrogens is 318 g/mol. The number of nitrogens with zero attached hydrogens (tertiary/aromatic N) is 3. The zero-order valence-corrected chi connectivity index (χ0v) is 14.7. The second kappa shape index (κ2) is 7.40. The Morgan fingerprint density at radius 1 is 1.36 bits per heavy atom. The van der Waals surface area contributed by atoms with Gasteiger partial charge in [-0.1, -0.05) is 6.07 Å². The molecule has 4 heterocycles. The Morgan fingerprint density at radius 2 is 2.20 bits per heavy atom. The van der Waals surface area contributed by atoms with E-state index in [2.05, 4.69) is 16.0 Å². The van der Waals surface area contributed by atoms with Crippen molar-refractivity contribution in [3.63, 3.8) is 0 Å². The van der Waals surface area contributed by atoms with Crippen LogP contribution in [0.3, 0.4) is 0 Å². The molecule has 1 unspecified atom stereocenters. The number of amides is 1. The van der Waals surface area contributed by atoms with Crippen LogP contribution in [-0.2, 0) is 20.8 Å². The summed E-state index contributed by atoms with van der Waals surface area (Å²) in [5.74, 6) is 0.143. The van der Waals surface area contributed by atoms with E-state index in [1.54, 1.807) is 6.20 Å². The zero-order valence-electron chi connectivity index (χ0n) is 14.7. The van der Waals surface area contributed by atoms with E-state index in [9.17, 15) is 4.79 Å². The summed E-state index contributed by atoms with van der Waals surface area (Å²) in [6.45, 7) is 5.51. The van der Waals surface area contributed by atoms with Crippen LogP contribution in [0, 0.1) is 0 Å². The highest BCUT2D eigenvalue weighted by Gasteiger charge is 2.47.